The molecule has 8 nitrogen and oxygen atoms in total. The van der Waals surface area contributed by atoms with E-state index >= 15 is 0 Å². The second-order valence-electron chi connectivity index (χ2n) is 9.49. The molecule has 3 aliphatic rings. The SMILES string of the molecule is C[C@H]([C@H]1C[C@H]2CC[C@H]1C2)n1c(SCC(=O)c2ccc3c(c2)NC(=O)CO3)nnc1-c1ccco1. The van der Waals surface area contributed by atoms with Gasteiger partial charge in [-0.3, -0.25) is 14.2 Å². The molecule has 0 unspecified atom stereocenters. The van der Waals surface area contributed by atoms with Crippen molar-refractivity contribution in [1.29, 1.82) is 0 Å². The summed E-state index contributed by atoms with van der Waals surface area (Å²) in [7, 11) is 0. The molecule has 2 fully saturated rings. The molecule has 3 heterocycles. The number of hydrogen-bond acceptors (Lipinski definition) is 7. The maximum atomic E-state index is 13.0. The van der Waals surface area contributed by atoms with Crippen molar-refractivity contribution in [3.63, 3.8) is 0 Å². The minimum absolute atomic E-state index is 0.00934. The van der Waals surface area contributed by atoms with Crippen LogP contribution in [0.1, 0.15) is 49.0 Å². The molecule has 2 aromatic heterocycles. The van der Waals surface area contributed by atoms with Gasteiger partial charge in [-0.25, -0.2) is 0 Å². The van der Waals surface area contributed by atoms with Crippen LogP contribution in [-0.4, -0.2) is 38.8 Å². The lowest BCUT2D eigenvalue weighted by Gasteiger charge is -2.30. The zero-order chi connectivity index (χ0) is 23.2. The van der Waals surface area contributed by atoms with Gasteiger partial charge >= 0.3 is 0 Å². The van der Waals surface area contributed by atoms with E-state index in [-0.39, 0.29) is 30.1 Å². The van der Waals surface area contributed by atoms with E-state index in [4.69, 9.17) is 9.15 Å². The number of anilines is 1. The van der Waals surface area contributed by atoms with Crippen LogP contribution in [-0.2, 0) is 4.79 Å². The van der Waals surface area contributed by atoms with Crippen molar-refractivity contribution in [2.45, 2.75) is 43.8 Å². The van der Waals surface area contributed by atoms with E-state index < -0.39 is 0 Å². The van der Waals surface area contributed by atoms with Crippen molar-refractivity contribution >= 4 is 29.1 Å². The number of rotatable bonds is 7. The summed E-state index contributed by atoms with van der Waals surface area (Å²) < 4.78 is 13.2. The van der Waals surface area contributed by atoms with Crippen molar-refractivity contribution in [2.24, 2.45) is 17.8 Å². The molecule has 1 aliphatic heterocycles. The van der Waals surface area contributed by atoms with Gasteiger partial charge in [0.2, 0.25) is 5.82 Å². The predicted octanol–water partition coefficient (Wildman–Crippen LogP) is 4.84. The molecule has 6 rings (SSSR count). The number of hydrogen-bond donors (Lipinski definition) is 1. The minimum Gasteiger partial charge on any atom is -0.482 e. The van der Waals surface area contributed by atoms with E-state index in [1.165, 1.54) is 37.4 Å². The summed E-state index contributed by atoms with van der Waals surface area (Å²) >= 11 is 1.39. The third-order valence-electron chi connectivity index (χ3n) is 7.49. The van der Waals surface area contributed by atoms with Crippen LogP contribution in [0, 0.1) is 17.8 Å². The molecule has 2 saturated carbocycles. The first-order chi connectivity index (χ1) is 16.6. The van der Waals surface area contributed by atoms with E-state index in [0.717, 1.165) is 17.0 Å². The lowest BCUT2D eigenvalue weighted by Crippen LogP contribution is -2.25. The highest BCUT2D eigenvalue weighted by molar-refractivity contribution is 7.99. The van der Waals surface area contributed by atoms with Crippen LogP contribution in [0.4, 0.5) is 5.69 Å². The Morgan fingerprint density at radius 1 is 1.26 bits per heavy atom. The van der Waals surface area contributed by atoms with Crippen LogP contribution >= 0.6 is 11.8 Å². The molecule has 9 heteroatoms. The van der Waals surface area contributed by atoms with Crippen LogP contribution in [0.25, 0.3) is 11.6 Å². The number of ether oxygens (including phenoxy) is 1. The fourth-order valence-corrected chi connectivity index (χ4v) is 6.78. The molecule has 4 atom stereocenters. The van der Waals surface area contributed by atoms with E-state index in [0.29, 0.717) is 34.5 Å². The summed E-state index contributed by atoms with van der Waals surface area (Å²) in [5, 5.41) is 12.4. The first kappa shape index (κ1) is 21.5. The van der Waals surface area contributed by atoms with Crippen molar-refractivity contribution in [3.05, 3.63) is 42.2 Å². The monoisotopic (exact) mass is 478 g/mol. The molecular weight excluding hydrogens is 452 g/mol. The number of thioether (sulfide) groups is 1. The third kappa shape index (κ3) is 3.81. The first-order valence-corrected chi connectivity index (χ1v) is 12.8. The van der Waals surface area contributed by atoms with Crippen LogP contribution < -0.4 is 10.1 Å². The number of carbonyl (C=O) groups excluding carboxylic acids is 2. The molecule has 1 aromatic carbocycles. The Balaban J connectivity index is 1.24. The van der Waals surface area contributed by atoms with Gasteiger partial charge in [-0.15, -0.1) is 10.2 Å². The Bertz CT molecular complexity index is 1240. The Labute approximate surface area is 201 Å². The molecule has 0 saturated heterocycles. The highest BCUT2D eigenvalue weighted by Crippen LogP contribution is 2.53. The van der Waals surface area contributed by atoms with Crippen molar-refractivity contribution in [2.75, 3.05) is 17.7 Å². The van der Waals surface area contributed by atoms with Gasteiger partial charge in [-0.2, -0.15) is 0 Å². The lowest BCUT2D eigenvalue weighted by molar-refractivity contribution is -0.118. The number of amides is 1. The predicted molar refractivity (Wildman–Crippen MR) is 127 cm³/mol. The number of ketones is 1. The van der Waals surface area contributed by atoms with E-state index in [1.54, 1.807) is 24.5 Å². The lowest BCUT2D eigenvalue weighted by atomic mass is 9.84. The van der Waals surface area contributed by atoms with Crippen molar-refractivity contribution < 1.29 is 18.7 Å². The molecule has 2 aliphatic carbocycles. The van der Waals surface area contributed by atoms with Gasteiger partial charge in [0.05, 0.1) is 17.7 Å². The average molecular weight is 479 g/mol. The molecule has 2 bridgehead atoms. The zero-order valence-corrected chi connectivity index (χ0v) is 19.7. The van der Waals surface area contributed by atoms with Crippen molar-refractivity contribution in [3.8, 4) is 17.3 Å². The van der Waals surface area contributed by atoms with Gasteiger partial charge in [-0.1, -0.05) is 18.2 Å². The zero-order valence-electron chi connectivity index (χ0n) is 18.9. The summed E-state index contributed by atoms with van der Waals surface area (Å²) in [6.45, 7) is 2.24. The fourth-order valence-electron chi connectivity index (χ4n) is 5.86. The van der Waals surface area contributed by atoms with Crippen LogP contribution in [0.2, 0.25) is 0 Å². The van der Waals surface area contributed by atoms with Crippen LogP contribution in [0.5, 0.6) is 5.75 Å². The summed E-state index contributed by atoms with van der Waals surface area (Å²) in [5.41, 5.74) is 1.05. The van der Waals surface area contributed by atoms with Gasteiger partial charge in [0.25, 0.3) is 5.91 Å². The summed E-state index contributed by atoms with van der Waals surface area (Å²) in [4.78, 5) is 24.6. The number of aromatic nitrogens is 3. The highest BCUT2D eigenvalue weighted by atomic mass is 32.2. The Morgan fingerprint density at radius 2 is 2.18 bits per heavy atom. The molecule has 34 heavy (non-hydrogen) atoms. The van der Waals surface area contributed by atoms with E-state index in [1.807, 2.05) is 12.1 Å². The number of carbonyl (C=O) groups is 2. The topological polar surface area (TPSA) is 99.2 Å². The van der Waals surface area contributed by atoms with Gasteiger partial charge in [0, 0.05) is 11.6 Å². The number of nitrogens with one attached hydrogen (secondary N) is 1. The number of benzene rings is 1. The number of fused-ring (bicyclic) bond motifs is 3. The molecule has 0 radical (unpaired) electrons. The van der Waals surface area contributed by atoms with Crippen LogP contribution in [0.15, 0.2) is 46.2 Å². The van der Waals surface area contributed by atoms with Gasteiger partial charge < -0.3 is 14.5 Å². The Morgan fingerprint density at radius 3 is 2.94 bits per heavy atom. The van der Waals surface area contributed by atoms with E-state index in [2.05, 4.69) is 27.0 Å². The maximum Gasteiger partial charge on any atom is 0.262 e. The van der Waals surface area contributed by atoms with E-state index in [9.17, 15) is 9.59 Å². The summed E-state index contributed by atoms with van der Waals surface area (Å²) in [5.74, 6) is 4.09. The second-order valence-corrected chi connectivity index (χ2v) is 10.4. The maximum absolute atomic E-state index is 13.0. The standard InChI is InChI=1S/C25H26N4O4S/c1-14(18-10-15-4-5-16(18)9-15)29-24(22-3-2-8-32-22)27-28-25(29)34-13-20(30)17-6-7-21-19(11-17)26-23(31)12-33-21/h2-3,6-8,11,14-16,18H,4-5,9-10,12-13H2,1H3,(H,26,31)/t14-,15+,16+,18-/m1/s1. The highest BCUT2D eigenvalue weighted by Gasteiger charge is 2.43. The van der Waals surface area contributed by atoms with Gasteiger partial charge in [-0.05, 0) is 74.3 Å². The average Bonchev–Trinajstić information content (AvgIpc) is 3.65. The first-order valence-electron chi connectivity index (χ1n) is 11.8. The van der Waals surface area contributed by atoms with Crippen LogP contribution in [0.3, 0.4) is 0 Å². The molecule has 3 aromatic rings. The van der Waals surface area contributed by atoms with Gasteiger partial charge in [0.1, 0.15) is 5.75 Å². The third-order valence-corrected chi connectivity index (χ3v) is 8.44. The molecule has 0 spiro atoms. The van der Waals surface area contributed by atoms with Crippen molar-refractivity contribution in [1.82, 2.24) is 14.8 Å². The number of furan rings is 1. The number of Topliss-reactive ketones (excluding diaryl/α,β-unsaturated/α-hetero) is 1. The Kier molecular flexibility index (Phi) is 5.44. The molecular formula is C25H26N4O4S. The molecule has 176 valence electrons. The minimum atomic E-state index is -0.223. The quantitative estimate of drug-likeness (QED) is 0.383. The fraction of sp³-hybridized carbons (Fsp3) is 0.440. The molecule has 1 N–H and O–H groups in total. The largest absolute Gasteiger partial charge is 0.482 e. The normalized spacial score (nSPS) is 23.9. The smallest absolute Gasteiger partial charge is 0.262 e. The second kappa shape index (κ2) is 8.61. The summed E-state index contributed by atoms with van der Waals surface area (Å²) in [6, 6.07) is 9.10. The summed E-state index contributed by atoms with van der Waals surface area (Å²) in [6.07, 6.45) is 6.87. The Hall–Kier alpha value is -3.07. The van der Waals surface area contributed by atoms with Gasteiger partial charge in [0.15, 0.2) is 23.3 Å². The molecule has 1 amide bonds. The number of nitrogens with zero attached hydrogens (tertiary/aromatic N) is 3.